The van der Waals surface area contributed by atoms with E-state index in [0.717, 1.165) is 0 Å². The summed E-state index contributed by atoms with van der Waals surface area (Å²) < 4.78 is 51.8. The number of benzene rings is 1. The molecule has 0 unspecified atom stereocenters. The van der Waals surface area contributed by atoms with Gasteiger partial charge in [0.15, 0.2) is 5.60 Å². The number of aryl methyl sites for hydroxylation is 1. The monoisotopic (exact) mass is 334 g/mol. The number of halogens is 4. The summed E-state index contributed by atoms with van der Waals surface area (Å²) in [6.45, 7) is 1.35. The highest BCUT2D eigenvalue weighted by atomic mass is 19.4. The topological polar surface area (TPSA) is 52.6 Å². The SMILES string of the molecule is CCc1ccc(NC(=O)N2CCC(O)(C(F)(F)F)CC2)cc1F. The molecule has 0 saturated carbocycles. The Labute approximate surface area is 131 Å². The number of nitrogens with zero attached hydrogens (tertiary/aromatic N) is 1. The van der Waals surface area contributed by atoms with Gasteiger partial charge in [0.1, 0.15) is 5.82 Å². The first kappa shape index (κ1) is 17.5. The van der Waals surface area contributed by atoms with Crippen LogP contribution < -0.4 is 5.32 Å². The Morgan fingerprint density at radius 1 is 1.35 bits per heavy atom. The molecule has 1 aliphatic heterocycles. The van der Waals surface area contributed by atoms with Crippen molar-refractivity contribution in [1.29, 1.82) is 0 Å². The fourth-order valence-corrected chi connectivity index (χ4v) is 2.48. The van der Waals surface area contributed by atoms with E-state index in [1.165, 1.54) is 17.0 Å². The fraction of sp³-hybridized carbons (Fsp3) is 0.533. The smallest absolute Gasteiger partial charge is 0.380 e. The quantitative estimate of drug-likeness (QED) is 0.816. The van der Waals surface area contributed by atoms with Gasteiger partial charge in [-0.1, -0.05) is 13.0 Å². The first-order chi connectivity index (χ1) is 10.7. The number of piperidine rings is 1. The molecule has 1 heterocycles. The van der Waals surface area contributed by atoms with E-state index in [-0.39, 0.29) is 18.8 Å². The maximum absolute atomic E-state index is 13.7. The lowest BCUT2D eigenvalue weighted by Gasteiger charge is -2.38. The Kier molecular flexibility index (Phi) is 4.84. The van der Waals surface area contributed by atoms with Crippen LogP contribution >= 0.6 is 0 Å². The van der Waals surface area contributed by atoms with Crippen LogP contribution in [0, 0.1) is 5.82 Å². The summed E-state index contributed by atoms with van der Waals surface area (Å²) in [7, 11) is 0. The molecule has 1 fully saturated rings. The number of carbonyl (C=O) groups is 1. The van der Waals surface area contributed by atoms with Gasteiger partial charge in [0.2, 0.25) is 0 Å². The van der Waals surface area contributed by atoms with Gasteiger partial charge in [-0.2, -0.15) is 13.2 Å². The molecule has 0 radical (unpaired) electrons. The number of hydrogen-bond acceptors (Lipinski definition) is 2. The zero-order valence-corrected chi connectivity index (χ0v) is 12.6. The normalized spacial score (nSPS) is 17.9. The molecule has 1 aromatic carbocycles. The average Bonchev–Trinajstić information content (AvgIpc) is 2.47. The molecule has 1 aromatic rings. The van der Waals surface area contributed by atoms with Gasteiger partial charge >= 0.3 is 12.2 Å². The van der Waals surface area contributed by atoms with Gasteiger partial charge < -0.3 is 15.3 Å². The summed E-state index contributed by atoms with van der Waals surface area (Å²) in [4.78, 5) is 13.2. The summed E-state index contributed by atoms with van der Waals surface area (Å²) in [6.07, 6.45) is -5.35. The lowest BCUT2D eigenvalue weighted by Crippen LogP contribution is -2.55. The number of hydrogen-bond donors (Lipinski definition) is 2. The number of alkyl halides is 3. The first-order valence-corrected chi connectivity index (χ1v) is 7.30. The van der Waals surface area contributed by atoms with Gasteiger partial charge in [-0.15, -0.1) is 0 Å². The van der Waals surface area contributed by atoms with E-state index in [1.807, 2.05) is 0 Å². The van der Waals surface area contributed by atoms with Crippen LogP contribution in [-0.4, -0.2) is 40.9 Å². The number of amides is 2. The first-order valence-electron chi connectivity index (χ1n) is 7.30. The van der Waals surface area contributed by atoms with Crippen LogP contribution in [0.5, 0.6) is 0 Å². The Morgan fingerprint density at radius 2 is 1.96 bits per heavy atom. The summed E-state index contributed by atoms with van der Waals surface area (Å²) >= 11 is 0. The highest BCUT2D eigenvalue weighted by Gasteiger charge is 2.54. The summed E-state index contributed by atoms with van der Waals surface area (Å²) in [5, 5.41) is 12.0. The fourth-order valence-electron chi connectivity index (χ4n) is 2.48. The van der Waals surface area contributed by atoms with Crippen LogP contribution in [0.2, 0.25) is 0 Å². The lowest BCUT2D eigenvalue weighted by atomic mass is 9.91. The standard InChI is InChI=1S/C15H18F4N2O2/c1-2-10-3-4-11(9-12(10)16)20-13(22)21-7-5-14(23,6-8-21)15(17,18)19/h3-4,9,23H,2,5-8H2,1H3,(H,20,22). The third-order valence-electron chi connectivity index (χ3n) is 4.09. The van der Waals surface area contributed by atoms with Gasteiger partial charge in [0.25, 0.3) is 0 Å². The second-order valence-corrected chi connectivity index (χ2v) is 5.61. The minimum Gasteiger partial charge on any atom is -0.380 e. The zero-order valence-electron chi connectivity index (χ0n) is 12.6. The number of aliphatic hydroxyl groups is 1. The largest absolute Gasteiger partial charge is 0.417 e. The van der Waals surface area contributed by atoms with E-state index in [2.05, 4.69) is 5.32 Å². The van der Waals surface area contributed by atoms with E-state index in [9.17, 15) is 27.5 Å². The second-order valence-electron chi connectivity index (χ2n) is 5.61. The zero-order chi connectivity index (χ0) is 17.3. The van der Waals surface area contributed by atoms with E-state index in [1.54, 1.807) is 13.0 Å². The van der Waals surface area contributed by atoms with Crippen LogP contribution in [0.3, 0.4) is 0 Å². The van der Waals surface area contributed by atoms with Gasteiger partial charge in [-0.25, -0.2) is 9.18 Å². The number of likely N-dealkylation sites (tertiary alicyclic amines) is 1. The second kappa shape index (κ2) is 6.35. The molecule has 8 heteroatoms. The van der Waals surface area contributed by atoms with Crippen molar-refractivity contribution >= 4 is 11.7 Å². The Hall–Kier alpha value is -1.83. The molecule has 4 nitrogen and oxygen atoms in total. The molecular formula is C15H18F4N2O2. The molecule has 1 aliphatic rings. The number of urea groups is 1. The Morgan fingerprint density at radius 3 is 2.43 bits per heavy atom. The minimum absolute atomic E-state index is 0.225. The number of nitrogens with one attached hydrogen (secondary N) is 1. The van der Waals surface area contributed by atoms with Crippen LogP contribution in [0.25, 0.3) is 0 Å². The van der Waals surface area contributed by atoms with Gasteiger partial charge in [0.05, 0.1) is 0 Å². The molecule has 1 saturated heterocycles. The molecule has 2 amide bonds. The maximum Gasteiger partial charge on any atom is 0.417 e. The number of anilines is 1. The molecule has 23 heavy (non-hydrogen) atoms. The molecule has 0 bridgehead atoms. The predicted molar refractivity (Wildman–Crippen MR) is 76.6 cm³/mol. The number of rotatable bonds is 2. The summed E-state index contributed by atoms with van der Waals surface area (Å²) in [5.74, 6) is -0.449. The van der Waals surface area contributed by atoms with Crippen LogP contribution in [0.4, 0.5) is 28.0 Å². The summed E-state index contributed by atoms with van der Waals surface area (Å²) in [5.41, 5.74) is -2.00. The molecule has 0 spiro atoms. The van der Waals surface area contributed by atoms with Crippen molar-refractivity contribution in [2.45, 2.75) is 38.0 Å². The predicted octanol–water partition coefficient (Wildman–Crippen LogP) is 3.31. The number of carbonyl (C=O) groups excluding carboxylic acids is 1. The Balaban J connectivity index is 1.97. The molecule has 0 aliphatic carbocycles. The molecular weight excluding hydrogens is 316 g/mol. The van der Waals surface area contributed by atoms with Crippen molar-refractivity contribution in [3.63, 3.8) is 0 Å². The third kappa shape index (κ3) is 3.74. The molecule has 0 atom stereocenters. The Bertz CT molecular complexity index is 581. The van der Waals surface area contributed by atoms with Crippen molar-refractivity contribution in [2.24, 2.45) is 0 Å². The summed E-state index contributed by atoms with van der Waals surface area (Å²) in [6, 6.07) is 3.64. The highest BCUT2D eigenvalue weighted by Crippen LogP contribution is 2.38. The van der Waals surface area contributed by atoms with Gasteiger partial charge in [-0.3, -0.25) is 0 Å². The average molecular weight is 334 g/mol. The van der Waals surface area contributed by atoms with Crippen molar-refractivity contribution in [1.82, 2.24) is 4.90 Å². The highest BCUT2D eigenvalue weighted by molar-refractivity contribution is 5.89. The molecule has 0 aromatic heterocycles. The lowest BCUT2D eigenvalue weighted by molar-refractivity contribution is -0.271. The van der Waals surface area contributed by atoms with Crippen molar-refractivity contribution in [2.75, 3.05) is 18.4 Å². The van der Waals surface area contributed by atoms with E-state index in [4.69, 9.17) is 0 Å². The third-order valence-corrected chi connectivity index (χ3v) is 4.09. The molecule has 2 N–H and O–H groups in total. The van der Waals surface area contributed by atoms with Gasteiger partial charge in [0, 0.05) is 31.6 Å². The van der Waals surface area contributed by atoms with E-state index < -0.39 is 36.5 Å². The molecule has 128 valence electrons. The van der Waals surface area contributed by atoms with Crippen LogP contribution in [0.1, 0.15) is 25.3 Å². The van der Waals surface area contributed by atoms with Gasteiger partial charge in [-0.05, 0) is 24.1 Å². The maximum atomic E-state index is 13.7. The van der Waals surface area contributed by atoms with E-state index >= 15 is 0 Å². The van der Waals surface area contributed by atoms with Crippen molar-refractivity contribution in [3.05, 3.63) is 29.6 Å². The van der Waals surface area contributed by atoms with Crippen LogP contribution in [-0.2, 0) is 6.42 Å². The molecule has 2 rings (SSSR count). The van der Waals surface area contributed by atoms with E-state index in [0.29, 0.717) is 12.0 Å². The van der Waals surface area contributed by atoms with Crippen molar-refractivity contribution in [3.8, 4) is 0 Å². The minimum atomic E-state index is -4.71. The van der Waals surface area contributed by atoms with Crippen LogP contribution in [0.15, 0.2) is 18.2 Å². The van der Waals surface area contributed by atoms with Crippen molar-refractivity contribution < 1.29 is 27.5 Å².